The maximum atomic E-state index is 12.9. The highest BCUT2D eigenvalue weighted by Crippen LogP contribution is 2.36. The Kier molecular flexibility index (Phi) is 5.81. The predicted molar refractivity (Wildman–Crippen MR) is 105 cm³/mol. The first-order valence-corrected chi connectivity index (χ1v) is 9.11. The lowest BCUT2D eigenvalue weighted by Gasteiger charge is -2.36. The molecule has 0 N–H and O–H groups in total. The normalized spacial score (nSPS) is 14.6. The Morgan fingerprint density at radius 1 is 1.13 bits per heavy atom. The minimum absolute atomic E-state index is 0.110. The molecule has 2 heterocycles. The van der Waals surface area contributed by atoms with Gasteiger partial charge in [0, 0.05) is 58.1 Å². The predicted octanol–water partition coefficient (Wildman–Crippen LogP) is 3.04. The first kappa shape index (κ1) is 21.3. The maximum Gasteiger partial charge on any atom is 0.416 e. The number of halogens is 3. The van der Waals surface area contributed by atoms with E-state index in [0.29, 0.717) is 17.4 Å². The van der Waals surface area contributed by atoms with Crippen molar-refractivity contribution in [2.75, 3.05) is 50.1 Å². The quantitative estimate of drug-likeness (QED) is 0.555. The van der Waals surface area contributed by atoms with E-state index in [1.807, 2.05) is 14.1 Å². The van der Waals surface area contributed by atoms with Crippen LogP contribution >= 0.6 is 0 Å². The van der Waals surface area contributed by atoms with E-state index in [0.717, 1.165) is 12.1 Å². The van der Waals surface area contributed by atoms with E-state index in [1.165, 1.54) is 0 Å². The number of nitrogens with zero attached hydrogens (tertiary/aromatic N) is 5. The number of hydrogen-bond acceptors (Lipinski definition) is 6. The smallest absolute Gasteiger partial charge is 0.363 e. The fourth-order valence-electron chi connectivity index (χ4n) is 3.24. The molecule has 1 aromatic carbocycles. The minimum Gasteiger partial charge on any atom is -0.363 e. The second-order valence-electron chi connectivity index (χ2n) is 7.03. The molecule has 0 unspecified atom stereocenters. The number of pyridine rings is 1. The summed E-state index contributed by atoms with van der Waals surface area (Å²) in [6.07, 6.45) is -3.12. The van der Waals surface area contributed by atoms with Gasteiger partial charge in [0.25, 0.3) is 11.6 Å². The molecule has 0 radical (unpaired) electrons. The number of rotatable bonds is 4. The van der Waals surface area contributed by atoms with Crippen LogP contribution in [0.25, 0.3) is 0 Å². The molecule has 8 nitrogen and oxygen atoms in total. The van der Waals surface area contributed by atoms with Crippen LogP contribution in [0.1, 0.15) is 15.9 Å². The zero-order valence-electron chi connectivity index (χ0n) is 16.4. The summed E-state index contributed by atoms with van der Waals surface area (Å²) in [7, 11) is 3.62. The summed E-state index contributed by atoms with van der Waals surface area (Å²) in [5.74, 6) is 0.446. The summed E-state index contributed by atoms with van der Waals surface area (Å²) < 4.78 is 38.7. The summed E-state index contributed by atoms with van der Waals surface area (Å²) in [6.45, 7) is 1.11. The second kappa shape index (κ2) is 8.17. The fourth-order valence-corrected chi connectivity index (χ4v) is 3.24. The Hall–Kier alpha value is -3.37. The third-order valence-corrected chi connectivity index (χ3v) is 4.86. The van der Waals surface area contributed by atoms with Gasteiger partial charge in [-0.05, 0) is 24.3 Å². The molecule has 30 heavy (non-hydrogen) atoms. The van der Waals surface area contributed by atoms with Crippen LogP contribution in [0.2, 0.25) is 0 Å². The van der Waals surface area contributed by atoms with Gasteiger partial charge in [-0.2, -0.15) is 13.2 Å². The second-order valence-corrected chi connectivity index (χ2v) is 7.03. The number of hydrogen-bond donors (Lipinski definition) is 0. The van der Waals surface area contributed by atoms with Crippen molar-refractivity contribution < 1.29 is 22.9 Å². The van der Waals surface area contributed by atoms with Crippen LogP contribution < -0.4 is 9.80 Å². The zero-order chi connectivity index (χ0) is 22.1. The molecule has 3 rings (SSSR count). The number of anilines is 2. The fraction of sp³-hybridized carbons (Fsp3) is 0.368. The van der Waals surface area contributed by atoms with Gasteiger partial charge >= 0.3 is 6.18 Å². The van der Waals surface area contributed by atoms with Crippen molar-refractivity contribution >= 4 is 23.1 Å². The molecule has 160 valence electrons. The molecule has 1 fully saturated rings. The number of nitro groups is 1. The average molecular weight is 423 g/mol. The van der Waals surface area contributed by atoms with Crippen molar-refractivity contribution in [3.63, 3.8) is 0 Å². The first-order valence-electron chi connectivity index (χ1n) is 9.11. The summed E-state index contributed by atoms with van der Waals surface area (Å²) >= 11 is 0. The monoisotopic (exact) mass is 423 g/mol. The Morgan fingerprint density at radius 3 is 2.37 bits per heavy atom. The molecule has 1 saturated heterocycles. The Balaban J connectivity index is 1.75. The molecule has 2 aromatic rings. The van der Waals surface area contributed by atoms with Gasteiger partial charge in [0.2, 0.25) is 0 Å². The molecule has 1 aromatic heterocycles. The van der Waals surface area contributed by atoms with Crippen molar-refractivity contribution in [3.8, 4) is 0 Å². The van der Waals surface area contributed by atoms with Gasteiger partial charge < -0.3 is 14.7 Å². The Bertz CT molecular complexity index is 957. The van der Waals surface area contributed by atoms with Crippen LogP contribution in [-0.2, 0) is 6.18 Å². The van der Waals surface area contributed by atoms with Gasteiger partial charge in [-0.1, -0.05) is 0 Å². The number of amides is 1. The van der Waals surface area contributed by atoms with Gasteiger partial charge in [0.15, 0.2) is 0 Å². The summed E-state index contributed by atoms with van der Waals surface area (Å²) in [6, 6.07) is 5.79. The molecular formula is C19H20F3N5O3. The zero-order valence-corrected chi connectivity index (χ0v) is 16.4. The Morgan fingerprint density at radius 2 is 1.80 bits per heavy atom. The number of piperazine rings is 1. The van der Waals surface area contributed by atoms with E-state index < -0.39 is 22.4 Å². The third-order valence-electron chi connectivity index (χ3n) is 4.86. The van der Waals surface area contributed by atoms with E-state index in [4.69, 9.17) is 0 Å². The number of carbonyl (C=O) groups excluding carboxylic acids is 1. The highest BCUT2D eigenvalue weighted by atomic mass is 19.4. The van der Waals surface area contributed by atoms with E-state index in [-0.39, 0.29) is 37.8 Å². The van der Waals surface area contributed by atoms with E-state index in [9.17, 15) is 28.1 Å². The number of alkyl halides is 3. The number of aromatic nitrogens is 1. The van der Waals surface area contributed by atoms with Crippen LogP contribution in [0, 0.1) is 10.1 Å². The third kappa shape index (κ3) is 4.44. The van der Waals surface area contributed by atoms with Gasteiger partial charge in [-0.15, -0.1) is 0 Å². The van der Waals surface area contributed by atoms with Gasteiger partial charge in [-0.25, -0.2) is 4.98 Å². The van der Waals surface area contributed by atoms with E-state index in [2.05, 4.69) is 4.98 Å². The van der Waals surface area contributed by atoms with Crippen LogP contribution in [-0.4, -0.2) is 61.0 Å². The number of carbonyl (C=O) groups is 1. The number of nitro benzene ring substituents is 1. The first-order chi connectivity index (χ1) is 14.1. The molecule has 0 bridgehead atoms. The van der Waals surface area contributed by atoms with Crippen LogP contribution in [0.15, 0.2) is 36.5 Å². The van der Waals surface area contributed by atoms with E-state index in [1.54, 1.807) is 33.0 Å². The topological polar surface area (TPSA) is 82.8 Å². The lowest BCUT2D eigenvalue weighted by molar-refractivity contribution is -0.384. The molecule has 1 amide bonds. The van der Waals surface area contributed by atoms with Crippen molar-refractivity contribution in [2.24, 2.45) is 0 Å². The standard InChI is InChI=1S/C19H20F3N5O3/c1-24(2)17-11-13(5-6-23-17)18(28)26-9-7-25(8-10-26)15-4-3-14(19(20,21)22)12-16(15)27(29)30/h3-6,11-12H,7-10H2,1-2H3. The summed E-state index contributed by atoms with van der Waals surface area (Å²) in [5.41, 5.74) is -1.09. The Labute approximate surface area is 170 Å². The van der Waals surface area contributed by atoms with Crippen LogP contribution in [0.3, 0.4) is 0 Å². The maximum absolute atomic E-state index is 12.9. The van der Waals surface area contributed by atoms with Crippen LogP contribution in [0.5, 0.6) is 0 Å². The molecule has 0 saturated carbocycles. The largest absolute Gasteiger partial charge is 0.416 e. The molecular weight excluding hydrogens is 403 g/mol. The van der Waals surface area contributed by atoms with Gasteiger partial charge in [0.1, 0.15) is 11.5 Å². The van der Waals surface area contributed by atoms with Crippen molar-refractivity contribution in [2.45, 2.75) is 6.18 Å². The van der Waals surface area contributed by atoms with Gasteiger partial charge in [-0.3, -0.25) is 14.9 Å². The average Bonchev–Trinajstić information content (AvgIpc) is 2.72. The van der Waals surface area contributed by atoms with Crippen molar-refractivity contribution in [3.05, 3.63) is 57.8 Å². The molecule has 0 aliphatic carbocycles. The summed E-state index contributed by atoms with van der Waals surface area (Å²) in [5, 5.41) is 11.3. The number of benzene rings is 1. The molecule has 0 spiro atoms. The highest BCUT2D eigenvalue weighted by molar-refractivity contribution is 5.95. The SMILES string of the molecule is CN(C)c1cc(C(=O)N2CCN(c3ccc(C(F)(F)F)cc3[N+](=O)[O-])CC2)ccn1. The van der Waals surface area contributed by atoms with Gasteiger partial charge in [0.05, 0.1) is 10.5 Å². The lowest BCUT2D eigenvalue weighted by Crippen LogP contribution is -2.49. The molecule has 11 heteroatoms. The molecule has 1 aliphatic rings. The van der Waals surface area contributed by atoms with Crippen molar-refractivity contribution in [1.82, 2.24) is 9.88 Å². The minimum atomic E-state index is -4.66. The molecule has 1 aliphatic heterocycles. The highest BCUT2D eigenvalue weighted by Gasteiger charge is 2.34. The summed E-state index contributed by atoms with van der Waals surface area (Å²) in [4.78, 5) is 32.5. The lowest BCUT2D eigenvalue weighted by atomic mass is 10.1. The molecule has 0 atom stereocenters. The van der Waals surface area contributed by atoms with Crippen molar-refractivity contribution in [1.29, 1.82) is 0 Å². The van der Waals surface area contributed by atoms with E-state index >= 15 is 0 Å². The van der Waals surface area contributed by atoms with Crippen LogP contribution in [0.4, 0.5) is 30.4 Å².